The number of rotatable bonds is 13. The predicted molar refractivity (Wildman–Crippen MR) is 182 cm³/mol. The van der Waals surface area contributed by atoms with Crippen molar-refractivity contribution in [2.24, 2.45) is 17.8 Å². The molecule has 1 unspecified atom stereocenters. The summed E-state index contributed by atoms with van der Waals surface area (Å²) in [5, 5.41) is 0. The number of hydrogen-bond donors (Lipinski definition) is 0. The average molecular weight is 615 g/mol. The Bertz CT molecular complexity index is 1450. The predicted octanol–water partition coefficient (Wildman–Crippen LogP) is 12.7. The zero-order valence-electron chi connectivity index (χ0n) is 27.1. The summed E-state index contributed by atoms with van der Waals surface area (Å²) < 4.78 is 50.8. The summed E-state index contributed by atoms with van der Waals surface area (Å²) in [5.74, 6) is 0.0999. The van der Waals surface area contributed by atoms with Crippen LogP contribution in [0.3, 0.4) is 0 Å². The molecule has 1 fully saturated rings. The summed E-state index contributed by atoms with van der Waals surface area (Å²) in [4.78, 5) is 0. The van der Waals surface area contributed by atoms with Gasteiger partial charge >= 0.3 is 0 Å². The van der Waals surface area contributed by atoms with E-state index in [1.54, 1.807) is 36.4 Å². The fourth-order valence-electron chi connectivity index (χ4n) is 7.33. The topological polar surface area (TPSA) is 9.23 Å². The quantitative estimate of drug-likeness (QED) is 0.137. The maximum Gasteiger partial charge on any atom is 0.201 e. The molecule has 1 nitrogen and oxygen atoms in total. The largest absolute Gasteiger partial charge is 0.490 e. The highest BCUT2D eigenvalue weighted by molar-refractivity contribution is 5.74. The number of benzene rings is 3. The lowest BCUT2D eigenvalue weighted by Gasteiger charge is -2.34. The molecule has 0 aliphatic heterocycles. The van der Waals surface area contributed by atoms with Crippen LogP contribution in [-0.2, 0) is 0 Å². The molecule has 0 N–H and O–H groups in total. The number of hydrogen-bond acceptors (Lipinski definition) is 1. The molecule has 2 aliphatic carbocycles. The molecule has 3 aromatic carbocycles. The molecule has 0 saturated heterocycles. The average Bonchev–Trinajstić information content (AvgIpc) is 3.07. The fourth-order valence-corrected chi connectivity index (χ4v) is 7.33. The van der Waals surface area contributed by atoms with E-state index in [1.807, 2.05) is 12.1 Å². The molecule has 0 spiro atoms. The van der Waals surface area contributed by atoms with Gasteiger partial charge in [-0.2, -0.15) is 4.39 Å². The molecule has 240 valence electrons. The van der Waals surface area contributed by atoms with E-state index in [-0.39, 0.29) is 17.1 Å². The molecule has 0 aromatic heterocycles. The molecular formula is C41H49F3O. The fraction of sp³-hybridized carbons (Fsp3) is 0.463. The molecule has 45 heavy (non-hydrogen) atoms. The summed E-state index contributed by atoms with van der Waals surface area (Å²) in [5.41, 5.74) is 4.10. The van der Waals surface area contributed by atoms with E-state index >= 15 is 8.78 Å². The molecule has 1 atom stereocenters. The van der Waals surface area contributed by atoms with Crippen LogP contribution in [0.5, 0.6) is 5.75 Å². The summed E-state index contributed by atoms with van der Waals surface area (Å²) in [6, 6.07) is 15.5. The molecular weight excluding hydrogens is 565 g/mol. The van der Waals surface area contributed by atoms with E-state index in [9.17, 15) is 4.39 Å². The summed E-state index contributed by atoms with van der Waals surface area (Å²) in [6.45, 7) is 4.67. The van der Waals surface area contributed by atoms with Gasteiger partial charge in [0.1, 0.15) is 5.82 Å². The van der Waals surface area contributed by atoms with Crippen LogP contribution in [0, 0.1) is 35.2 Å². The lowest BCUT2D eigenvalue weighted by molar-refractivity contribution is 0.212. The third-order valence-electron chi connectivity index (χ3n) is 10.0. The molecule has 3 aromatic rings. The van der Waals surface area contributed by atoms with Gasteiger partial charge in [-0.05, 0) is 117 Å². The smallest absolute Gasteiger partial charge is 0.201 e. The Morgan fingerprint density at radius 3 is 2.04 bits per heavy atom. The van der Waals surface area contributed by atoms with Gasteiger partial charge in [0.2, 0.25) is 5.82 Å². The first-order valence-corrected chi connectivity index (χ1v) is 17.3. The molecule has 5 rings (SSSR count). The van der Waals surface area contributed by atoms with Crippen molar-refractivity contribution in [2.45, 2.75) is 97.3 Å². The standard InChI is InChI=1S/C41H49F3O/c1-3-5-6-7-8-9-27-45-39-26-25-37(40(43)41(39)44)34-21-19-33(20-22-34)36-24-23-35(28-38(36)42)32-17-15-31(16-18-32)30-13-11-29(10-4-2)12-14-30/h4,10,17,19-26,28-31H,3,5-9,11-16,18,27H2,1-2H3/b10-4+. The first-order chi connectivity index (χ1) is 22.0. The van der Waals surface area contributed by atoms with E-state index in [1.165, 1.54) is 63.0 Å². The highest BCUT2D eigenvalue weighted by Gasteiger charge is 2.28. The lowest BCUT2D eigenvalue weighted by atomic mass is 9.71. The zero-order valence-corrected chi connectivity index (χ0v) is 27.1. The highest BCUT2D eigenvalue weighted by Crippen LogP contribution is 2.42. The second-order valence-corrected chi connectivity index (χ2v) is 13.1. The van der Waals surface area contributed by atoms with Crippen molar-refractivity contribution in [1.29, 1.82) is 0 Å². The molecule has 0 bridgehead atoms. The van der Waals surface area contributed by atoms with Gasteiger partial charge in [-0.1, -0.05) is 93.7 Å². The van der Waals surface area contributed by atoms with E-state index < -0.39 is 11.6 Å². The number of ether oxygens (including phenoxy) is 1. The Hall–Kier alpha value is -3.27. The van der Waals surface area contributed by atoms with Crippen molar-refractivity contribution >= 4 is 5.57 Å². The van der Waals surface area contributed by atoms with Gasteiger partial charge in [-0.25, -0.2) is 8.78 Å². The summed E-state index contributed by atoms with van der Waals surface area (Å²) >= 11 is 0. The van der Waals surface area contributed by atoms with Gasteiger partial charge in [0.25, 0.3) is 0 Å². The van der Waals surface area contributed by atoms with Crippen molar-refractivity contribution in [2.75, 3.05) is 6.61 Å². The van der Waals surface area contributed by atoms with E-state index in [0.29, 0.717) is 23.3 Å². The first-order valence-electron chi connectivity index (χ1n) is 17.3. The first kappa shape index (κ1) is 33.1. The maximum atomic E-state index is 15.4. The lowest BCUT2D eigenvalue weighted by Crippen LogP contribution is -2.22. The van der Waals surface area contributed by atoms with Crippen LogP contribution < -0.4 is 4.74 Å². The molecule has 4 heteroatoms. The maximum absolute atomic E-state index is 15.4. The third-order valence-corrected chi connectivity index (χ3v) is 10.0. The van der Waals surface area contributed by atoms with Crippen molar-refractivity contribution < 1.29 is 17.9 Å². The van der Waals surface area contributed by atoms with Gasteiger partial charge in [-0.15, -0.1) is 0 Å². The Kier molecular flexibility index (Phi) is 12.0. The van der Waals surface area contributed by atoms with Crippen molar-refractivity contribution in [3.05, 3.63) is 95.8 Å². The minimum atomic E-state index is -0.968. The van der Waals surface area contributed by atoms with Crippen molar-refractivity contribution in [1.82, 2.24) is 0 Å². The zero-order chi connectivity index (χ0) is 31.6. The van der Waals surface area contributed by atoms with E-state index in [0.717, 1.165) is 55.4 Å². The van der Waals surface area contributed by atoms with Crippen molar-refractivity contribution in [3.8, 4) is 28.0 Å². The summed E-state index contributed by atoms with van der Waals surface area (Å²) in [6.07, 6.45) is 22.0. The number of halogens is 3. The van der Waals surface area contributed by atoms with Crippen LogP contribution in [0.1, 0.15) is 103 Å². The normalized spacial score (nSPS) is 20.4. The van der Waals surface area contributed by atoms with Gasteiger partial charge < -0.3 is 4.74 Å². The van der Waals surface area contributed by atoms with Gasteiger partial charge in [0.15, 0.2) is 11.6 Å². The molecule has 2 aliphatic rings. The Labute approximate surface area is 268 Å². The van der Waals surface area contributed by atoms with Gasteiger partial charge in [-0.3, -0.25) is 0 Å². The van der Waals surface area contributed by atoms with Crippen LogP contribution in [0.2, 0.25) is 0 Å². The van der Waals surface area contributed by atoms with E-state index in [2.05, 4.69) is 32.1 Å². The monoisotopic (exact) mass is 614 g/mol. The van der Waals surface area contributed by atoms with Crippen LogP contribution in [-0.4, -0.2) is 6.61 Å². The molecule has 1 saturated carbocycles. The van der Waals surface area contributed by atoms with Gasteiger partial charge in [0, 0.05) is 11.1 Å². The Morgan fingerprint density at radius 2 is 1.38 bits per heavy atom. The van der Waals surface area contributed by atoms with E-state index in [4.69, 9.17) is 4.74 Å². The number of allylic oxidation sites excluding steroid dienone is 4. The molecule has 0 radical (unpaired) electrons. The number of unbranched alkanes of at least 4 members (excludes halogenated alkanes) is 5. The Morgan fingerprint density at radius 1 is 0.711 bits per heavy atom. The van der Waals surface area contributed by atoms with Crippen LogP contribution in [0.15, 0.2) is 72.8 Å². The minimum absolute atomic E-state index is 0.0561. The summed E-state index contributed by atoms with van der Waals surface area (Å²) in [7, 11) is 0. The van der Waals surface area contributed by atoms with Crippen LogP contribution in [0.25, 0.3) is 27.8 Å². The second kappa shape index (κ2) is 16.3. The minimum Gasteiger partial charge on any atom is -0.490 e. The van der Waals surface area contributed by atoms with Crippen LogP contribution in [0.4, 0.5) is 13.2 Å². The SMILES string of the molecule is C/C=C/C1CCC(C2CC=C(c3ccc(-c4ccc(-c5ccc(OCCCCCCCC)c(F)c5F)cc4)c(F)c3)CC2)CC1. The van der Waals surface area contributed by atoms with Crippen molar-refractivity contribution in [3.63, 3.8) is 0 Å². The Balaban J connectivity index is 1.18. The molecule has 0 heterocycles. The van der Waals surface area contributed by atoms with Gasteiger partial charge in [0.05, 0.1) is 6.61 Å². The van der Waals surface area contributed by atoms with Crippen LogP contribution >= 0.6 is 0 Å². The third kappa shape index (κ3) is 8.51. The molecule has 0 amide bonds. The highest BCUT2D eigenvalue weighted by atomic mass is 19.2. The second-order valence-electron chi connectivity index (χ2n) is 13.1.